The molecule has 0 unspecified atom stereocenters. The number of carbonyl (C=O) groups excluding carboxylic acids is 2. The summed E-state index contributed by atoms with van der Waals surface area (Å²) < 4.78 is 5.20. The van der Waals surface area contributed by atoms with Gasteiger partial charge in [-0.3, -0.25) is 4.79 Å². The van der Waals surface area contributed by atoms with Crippen molar-refractivity contribution >= 4 is 23.4 Å². The van der Waals surface area contributed by atoms with Gasteiger partial charge in [0.2, 0.25) is 0 Å². The maximum Gasteiger partial charge on any atom is 0.340 e. The Kier molecular flexibility index (Phi) is 3.94. The summed E-state index contributed by atoms with van der Waals surface area (Å²) >= 11 is 5.94. The highest BCUT2D eigenvalue weighted by Gasteiger charge is 2.20. The van der Waals surface area contributed by atoms with Crippen LogP contribution in [0.3, 0.4) is 0 Å². The normalized spacial score (nSPS) is 11.1. The molecule has 0 spiro atoms. The zero-order chi connectivity index (χ0) is 13.2. The standard InChI is InChI=1S/C13H15ClO3/c1-8(15)9-5-6-10(11(14)7-9)12(16)17-13(2,3)4/h5-7H,1-4H3. The van der Waals surface area contributed by atoms with Crippen molar-refractivity contribution in [1.29, 1.82) is 0 Å². The molecule has 0 saturated carbocycles. The second kappa shape index (κ2) is 4.88. The van der Waals surface area contributed by atoms with E-state index in [-0.39, 0.29) is 16.4 Å². The highest BCUT2D eigenvalue weighted by Crippen LogP contribution is 2.21. The number of esters is 1. The summed E-state index contributed by atoms with van der Waals surface area (Å²) in [7, 11) is 0. The number of hydrogen-bond acceptors (Lipinski definition) is 3. The van der Waals surface area contributed by atoms with E-state index in [9.17, 15) is 9.59 Å². The minimum Gasteiger partial charge on any atom is -0.456 e. The summed E-state index contributed by atoms with van der Waals surface area (Å²) in [6.07, 6.45) is 0. The van der Waals surface area contributed by atoms with Gasteiger partial charge < -0.3 is 4.74 Å². The molecule has 0 radical (unpaired) electrons. The molecule has 92 valence electrons. The SMILES string of the molecule is CC(=O)c1ccc(C(=O)OC(C)(C)C)c(Cl)c1. The van der Waals surface area contributed by atoms with Crippen LogP contribution in [0.25, 0.3) is 0 Å². The van der Waals surface area contributed by atoms with Gasteiger partial charge in [-0.25, -0.2) is 4.79 Å². The maximum absolute atomic E-state index is 11.8. The van der Waals surface area contributed by atoms with Crippen molar-refractivity contribution in [3.8, 4) is 0 Å². The third kappa shape index (κ3) is 3.86. The highest BCUT2D eigenvalue weighted by atomic mass is 35.5. The number of ether oxygens (including phenoxy) is 1. The van der Waals surface area contributed by atoms with Crippen molar-refractivity contribution in [2.75, 3.05) is 0 Å². The van der Waals surface area contributed by atoms with Crippen molar-refractivity contribution in [1.82, 2.24) is 0 Å². The van der Waals surface area contributed by atoms with E-state index in [0.29, 0.717) is 5.56 Å². The highest BCUT2D eigenvalue weighted by molar-refractivity contribution is 6.34. The van der Waals surface area contributed by atoms with Crippen molar-refractivity contribution in [3.05, 3.63) is 34.3 Å². The van der Waals surface area contributed by atoms with Gasteiger partial charge in [0, 0.05) is 5.56 Å². The van der Waals surface area contributed by atoms with Gasteiger partial charge in [-0.05, 0) is 39.8 Å². The average Bonchev–Trinajstić information content (AvgIpc) is 2.14. The molecular weight excluding hydrogens is 240 g/mol. The summed E-state index contributed by atoms with van der Waals surface area (Å²) in [6, 6.07) is 4.55. The Labute approximate surface area is 106 Å². The summed E-state index contributed by atoms with van der Waals surface area (Å²) in [4.78, 5) is 22.9. The molecule has 0 bridgehead atoms. The Balaban J connectivity index is 3.00. The molecule has 4 heteroatoms. The van der Waals surface area contributed by atoms with Gasteiger partial charge in [-0.1, -0.05) is 17.7 Å². The van der Waals surface area contributed by atoms with Crippen LogP contribution in [0.1, 0.15) is 48.4 Å². The van der Waals surface area contributed by atoms with Crippen LogP contribution >= 0.6 is 11.6 Å². The number of benzene rings is 1. The second-order valence-electron chi connectivity index (χ2n) is 4.75. The first-order valence-corrected chi connectivity index (χ1v) is 5.62. The number of hydrogen-bond donors (Lipinski definition) is 0. The first-order valence-electron chi connectivity index (χ1n) is 5.24. The minimum atomic E-state index is -0.570. The zero-order valence-corrected chi connectivity index (χ0v) is 11.1. The maximum atomic E-state index is 11.8. The average molecular weight is 255 g/mol. The molecule has 0 fully saturated rings. The molecule has 17 heavy (non-hydrogen) atoms. The van der Waals surface area contributed by atoms with E-state index in [0.717, 1.165) is 0 Å². The molecule has 0 aliphatic rings. The molecule has 1 aromatic carbocycles. The second-order valence-corrected chi connectivity index (χ2v) is 5.16. The number of carbonyl (C=O) groups is 2. The smallest absolute Gasteiger partial charge is 0.340 e. The molecule has 0 heterocycles. The van der Waals surface area contributed by atoms with E-state index < -0.39 is 11.6 Å². The van der Waals surface area contributed by atoms with E-state index in [1.807, 2.05) is 0 Å². The van der Waals surface area contributed by atoms with Crippen molar-refractivity contribution in [3.63, 3.8) is 0 Å². The zero-order valence-electron chi connectivity index (χ0n) is 10.3. The number of ketones is 1. The fraction of sp³-hybridized carbons (Fsp3) is 0.385. The summed E-state index contributed by atoms with van der Waals surface area (Å²) in [5.74, 6) is -0.583. The molecule has 1 rings (SSSR count). The Hall–Kier alpha value is -1.35. The lowest BCUT2D eigenvalue weighted by molar-refractivity contribution is 0.00696. The van der Waals surface area contributed by atoms with Gasteiger partial charge >= 0.3 is 5.97 Å². The summed E-state index contributed by atoms with van der Waals surface area (Å²) in [5, 5.41) is 0.229. The van der Waals surface area contributed by atoms with Crippen LogP contribution in [0.2, 0.25) is 5.02 Å². The lowest BCUT2D eigenvalue weighted by Gasteiger charge is -2.19. The number of Topliss-reactive ketones (excluding diaryl/α,β-unsaturated/α-hetero) is 1. The molecule has 0 N–H and O–H groups in total. The van der Waals surface area contributed by atoms with Crippen LogP contribution < -0.4 is 0 Å². The van der Waals surface area contributed by atoms with Crippen LogP contribution in [0.5, 0.6) is 0 Å². The van der Waals surface area contributed by atoms with Crippen LogP contribution in [0.4, 0.5) is 0 Å². The predicted molar refractivity (Wildman–Crippen MR) is 66.6 cm³/mol. The topological polar surface area (TPSA) is 43.4 Å². The fourth-order valence-electron chi connectivity index (χ4n) is 1.23. The lowest BCUT2D eigenvalue weighted by atomic mass is 10.1. The molecule has 0 aliphatic heterocycles. The molecule has 1 aromatic rings. The van der Waals surface area contributed by atoms with Crippen LogP contribution in [-0.4, -0.2) is 17.4 Å². The van der Waals surface area contributed by atoms with E-state index in [2.05, 4.69) is 0 Å². The van der Waals surface area contributed by atoms with Gasteiger partial charge in [0.05, 0.1) is 10.6 Å². The monoisotopic (exact) mass is 254 g/mol. The van der Waals surface area contributed by atoms with Crippen molar-refractivity contribution in [2.24, 2.45) is 0 Å². The quantitative estimate of drug-likeness (QED) is 0.599. The van der Waals surface area contributed by atoms with Gasteiger partial charge in [-0.15, -0.1) is 0 Å². The van der Waals surface area contributed by atoms with Gasteiger partial charge in [0.1, 0.15) is 5.60 Å². The van der Waals surface area contributed by atoms with Crippen LogP contribution in [0.15, 0.2) is 18.2 Å². The number of rotatable bonds is 2. The summed E-state index contributed by atoms with van der Waals surface area (Å²) in [5.41, 5.74) is 0.175. The first kappa shape index (κ1) is 13.7. The Bertz CT molecular complexity index is 458. The molecule has 0 amide bonds. The first-order chi connectivity index (χ1) is 7.70. The fourth-order valence-corrected chi connectivity index (χ4v) is 1.49. The summed E-state index contributed by atoms with van der Waals surface area (Å²) in [6.45, 7) is 6.78. The van der Waals surface area contributed by atoms with Crippen molar-refractivity contribution in [2.45, 2.75) is 33.3 Å². The molecule has 0 saturated heterocycles. The van der Waals surface area contributed by atoms with E-state index in [1.54, 1.807) is 26.8 Å². The van der Waals surface area contributed by atoms with E-state index >= 15 is 0 Å². The van der Waals surface area contributed by atoms with E-state index in [4.69, 9.17) is 16.3 Å². The van der Waals surface area contributed by atoms with Crippen LogP contribution in [0, 0.1) is 0 Å². The molecular formula is C13H15ClO3. The number of halogens is 1. The van der Waals surface area contributed by atoms with Gasteiger partial charge in [-0.2, -0.15) is 0 Å². The third-order valence-electron chi connectivity index (χ3n) is 1.99. The lowest BCUT2D eigenvalue weighted by Crippen LogP contribution is -2.24. The molecule has 0 aromatic heterocycles. The Morgan fingerprint density at radius 3 is 2.24 bits per heavy atom. The Morgan fingerprint density at radius 2 is 1.82 bits per heavy atom. The molecule has 0 atom stereocenters. The third-order valence-corrected chi connectivity index (χ3v) is 2.31. The van der Waals surface area contributed by atoms with Gasteiger partial charge in [0.25, 0.3) is 0 Å². The largest absolute Gasteiger partial charge is 0.456 e. The van der Waals surface area contributed by atoms with E-state index in [1.165, 1.54) is 19.1 Å². The van der Waals surface area contributed by atoms with Gasteiger partial charge in [0.15, 0.2) is 5.78 Å². The molecule has 3 nitrogen and oxygen atoms in total. The van der Waals surface area contributed by atoms with Crippen LogP contribution in [-0.2, 0) is 4.74 Å². The predicted octanol–water partition coefficient (Wildman–Crippen LogP) is 3.50. The molecule has 0 aliphatic carbocycles. The Morgan fingerprint density at radius 1 is 1.24 bits per heavy atom. The van der Waals surface area contributed by atoms with Crippen molar-refractivity contribution < 1.29 is 14.3 Å². The minimum absolute atomic E-state index is 0.0948.